The van der Waals surface area contributed by atoms with Crippen molar-refractivity contribution in [2.24, 2.45) is 0 Å². The SMILES string of the molecule is CNCc1oc2c(Cl)cc(Cl)c(Cl)c2c1C(C)C. The van der Waals surface area contributed by atoms with Crippen LogP contribution in [0.5, 0.6) is 0 Å². The average molecular weight is 307 g/mol. The maximum absolute atomic E-state index is 6.29. The molecule has 0 radical (unpaired) electrons. The van der Waals surface area contributed by atoms with Gasteiger partial charge in [0, 0.05) is 10.9 Å². The first-order valence-corrected chi connectivity index (χ1v) is 6.84. The number of hydrogen-bond donors (Lipinski definition) is 1. The monoisotopic (exact) mass is 305 g/mol. The van der Waals surface area contributed by atoms with E-state index in [-0.39, 0.29) is 5.92 Å². The van der Waals surface area contributed by atoms with Crippen LogP contribution in [0, 0.1) is 0 Å². The highest BCUT2D eigenvalue weighted by Crippen LogP contribution is 2.43. The molecule has 2 nitrogen and oxygen atoms in total. The molecule has 0 amide bonds. The second-order valence-corrected chi connectivity index (χ2v) is 5.67. The summed E-state index contributed by atoms with van der Waals surface area (Å²) in [4.78, 5) is 0. The normalized spacial score (nSPS) is 11.7. The molecule has 0 aliphatic rings. The number of benzene rings is 1. The Hall–Kier alpha value is -0.410. The van der Waals surface area contributed by atoms with E-state index in [1.165, 1.54) is 0 Å². The van der Waals surface area contributed by atoms with E-state index in [1.807, 2.05) is 7.05 Å². The van der Waals surface area contributed by atoms with E-state index in [2.05, 4.69) is 19.2 Å². The van der Waals surface area contributed by atoms with Crippen LogP contribution in [0.15, 0.2) is 10.5 Å². The topological polar surface area (TPSA) is 25.2 Å². The third kappa shape index (κ3) is 2.23. The zero-order valence-corrected chi connectivity index (χ0v) is 12.7. The molecule has 18 heavy (non-hydrogen) atoms. The van der Waals surface area contributed by atoms with Gasteiger partial charge in [0.25, 0.3) is 0 Å². The second-order valence-electron chi connectivity index (χ2n) is 4.48. The van der Waals surface area contributed by atoms with E-state index in [4.69, 9.17) is 39.2 Å². The molecule has 0 bridgehead atoms. The van der Waals surface area contributed by atoms with Crippen molar-refractivity contribution in [1.82, 2.24) is 5.32 Å². The lowest BCUT2D eigenvalue weighted by molar-refractivity contribution is 0.520. The van der Waals surface area contributed by atoms with Crippen LogP contribution in [-0.4, -0.2) is 7.05 Å². The van der Waals surface area contributed by atoms with Gasteiger partial charge in [-0.3, -0.25) is 0 Å². The lowest BCUT2D eigenvalue weighted by Gasteiger charge is -2.07. The zero-order chi connectivity index (χ0) is 13.4. The van der Waals surface area contributed by atoms with Crippen molar-refractivity contribution in [3.63, 3.8) is 0 Å². The van der Waals surface area contributed by atoms with E-state index in [0.717, 1.165) is 16.7 Å². The Kier molecular flexibility index (Phi) is 4.12. The van der Waals surface area contributed by atoms with Crippen LogP contribution in [0.1, 0.15) is 31.1 Å². The van der Waals surface area contributed by atoms with E-state index >= 15 is 0 Å². The molecule has 0 fully saturated rings. The Morgan fingerprint density at radius 2 is 1.89 bits per heavy atom. The molecule has 5 heteroatoms. The summed E-state index contributed by atoms with van der Waals surface area (Å²) in [5.74, 6) is 1.13. The van der Waals surface area contributed by atoms with Gasteiger partial charge in [-0.15, -0.1) is 0 Å². The standard InChI is InChI=1S/C13H14Cl3NO/c1-6(2)10-9(5-17-3)18-13-8(15)4-7(14)12(16)11(10)13/h4,6,17H,5H2,1-3H3. The van der Waals surface area contributed by atoms with E-state index in [0.29, 0.717) is 27.2 Å². The van der Waals surface area contributed by atoms with E-state index < -0.39 is 0 Å². The minimum Gasteiger partial charge on any atom is -0.458 e. The van der Waals surface area contributed by atoms with Crippen LogP contribution in [0.4, 0.5) is 0 Å². The van der Waals surface area contributed by atoms with Gasteiger partial charge in [-0.1, -0.05) is 48.7 Å². The summed E-state index contributed by atoms with van der Waals surface area (Å²) < 4.78 is 5.83. The van der Waals surface area contributed by atoms with Gasteiger partial charge in [-0.2, -0.15) is 0 Å². The van der Waals surface area contributed by atoms with Crippen LogP contribution in [0.3, 0.4) is 0 Å². The zero-order valence-electron chi connectivity index (χ0n) is 10.4. The van der Waals surface area contributed by atoms with Crippen molar-refractivity contribution in [3.8, 4) is 0 Å². The largest absolute Gasteiger partial charge is 0.458 e. The van der Waals surface area contributed by atoms with Crippen LogP contribution in [0.2, 0.25) is 15.1 Å². The molecule has 0 aliphatic heterocycles. The van der Waals surface area contributed by atoms with E-state index in [9.17, 15) is 0 Å². The maximum atomic E-state index is 6.29. The molecule has 0 saturated heterocycles. The highest BCUT2D eigenvalue weighted by atomic mass is 35.5. The lowest BCUT2D eigenvalue weighted by Crippen LogP contribution is -2.06. The van der Waals surface area contributed by atoms with E-state index in [1.54, 1.807) is 6.07 Å². The Balaban J connectivity index is 2.86. The molecule has 0 saturated carbocycles. The van der Waals surface area contributed by atoms with Gasteiger partial charge in [0.1, 0.15) is 5.76 Å². The summed E-state index contributed by atoms with van der Waals surface area (Å²) in [6.45, 7) is 4.82. The number of rotatable bonds is 3. The smallest absolute Gasteiger partial charge is 0.154 e. The molecule has 1 N–H and O–H groups in total. The van der Waals surface area contributed by atoms with Crippen molar-refractivity contribution in [1.29, 1.82) is 0 Å². The average Bonchev–Trinajstić information content (AvgIpc) is 2.66. The van der Waals surface area contributed by atoms with Crippen molar-refractivity contribution in [2.45, 2.75) is 26.3 Å². The molecule has 0 aliphatic carbocycles. The van der Waals surface area contributed by atoms with Crippen LogP contribution < -0.4 is 5.32 Å². The Bertz CT molecular complexity index is 590. The van der Waals surface area contributed by atoms with Gasteiger partial charge in [0.2, 0.25) is 0 Å². The highest BCUT2D eigenvalue weighted by Gasteiger charge is 2.22. The maximum Gasteiger partial charge on any atom is 0.154 e. The molecular weight excluding hydrogens is 293 g/mol. The molecule has 0 atom stereocenters. The Labute approximate surface area is 121 Å². The molecule has 1 heterocycles. The molecule has 1 aromatic carbocycles. The number of hydrogen-bond acceptors (Lipinski definition) is 2. The van der Waals surface area contributed by atoms with Crippen LogP contribution >= 0.6 is 34.8 Å². The lowest BCUT2D eigenvalue weighted by atomic mass is 9.99. The van der Waals surface area contributed by atoms with Crippen molar-refractivity contribution in [3.05, 3.63) is 32.5 Å². The fourth-order valence-corrected chi connectivity index (χ4v) is 2.88. The molecular formula is C13H14Cl3NO. The summed E-state index contributed by atoms with van der Waals surface area (Å²) in [5, 5.41) is 5.36. The third-order valence-electron chi connectivity index (χ3n) is 2.84. The fraction of sp³-hybridized carbons (Fsp3) is 0.385. The predicted octanol–water partition coefficient (Wildman–Crippen LogP) is 5.24. The van der Waals surface area contributed by atoms with Gasteiger partial charge < -0.3 is 9.73 Å². The number of furan rings is 1. The first-order chi connectivity index (χ1) is 8.47. The summed E-state index contributed by atoms with van der Waals surface area (Å²) >= 11 is 18.5. The fourth-order valence-electron chi connectivity index (χ4n) is 2.14. The summed E-state index contributed by atoms with van der Waals surface area (Å²) in [7, 11) is 1.87. The Morgan fingerprint density at radius 3 is 2.44 bits per heavy atom. The summed E-state index contributed by atoms with van der Waals surface area (Å²) in [6.07, 6.45) is 0. The molecule has 1 aromatic heterocycles. The highest BCUT2D eigenvalue weighted by molar-refractivity contribution is 6.47. The third-order valence-corrected chi connectivity index (χ3v) is 3.90. The van der Waals surface area contributed by atoms with Crippen molar-refractivity contribution < 1.29 is 4.42 Å². The molecule has 0 spiro atoms. The Morgan fingerprint density at radius 1 is 1.22 bits per heavy atom. The van der Waals surface area contributed by atoms with Gasteiger partial charge in [0.15, 0.2) is 5.58 Å². The molecule has 2 rings (SSSR count). The quantitative estimate of drug-likeness (QED) is 0.785. The number of fused-ring (bicyclic) bond motifs is 1. The second kappa shape index (κ2) is 5.30. The number of nitrogens with one attached hydrogen (secondary N) is 1. The van der Waals surface area contributed by atoms with Crippen LogP contribution in [-0.2, 0) is 6.54 Å². The minimum atomic E-state index is 0.279. The number of halogens is 3. The molecule has 0 unspecified atom stereocenters. The summed E-state index contributed by atoms with van der Waals surface area (Å²) in [6, 6.07) is 1.62. The van der Waals surface area contributed by atoms with Crippen molar-refractivity contribution in [2.75, 3.05) is 7.05 Å². The molecule has 98 valence electrons. The summed E-state index contributed by atoms with van der Waals surface area (Å²) in [5.41, 5.74) is 1.67. The van der Waals surface area contributed by atoms with Gasteiger partial charge in [0.05, 0.1) is 21.6 Å². The van der Waals surface area contributed by atoms with Crippen LogP contribution in [0.25, 0.3) is 11.0 Å². The van der Waals surface area contributed by atoms with Gasteiger partial charge >= 0.3 is 0 Å². The first-order valence-electron chi connectivity index (χ1n) is 5.70. The van der Waals surface area contributed by atoms with Gasteiger partial charge in [-0.05, 0) is 19.0 Å². The first kappa shape index (κ1) is 14.0. The molecule has 2 aromatic rings. The minimum absolute atomic E-state index is 0.279. The predicted molar refractivity (Wildman–Crippen MR) is 78.1 cm³/mol. The van der Waals surface area contributed by atoms with Crippen molar-refractivity contribution >= 4 is 45.8 Å². The van der Waals surface area contributed by atoms with Gasteiger partial charge in [-0.25, -0.2) is 0 Å².